The van der Waals surface area contributed by atoms with Crippen LogP contribution in [0.3, 0.4) is 0 Å². The van der Waals surface area contributed by atoms with Crippen molar-refractivity contribution in [3.63, 3.8) is 0 Å². The fourth-order valence-electron chi connectivity index (χ4n) is 4.63. The quantitative estimate of drug-likeness (QED) is 0.575. The fraction of sp³-hybridized carbons (Fsp3) is 0.619. The Morgan fingerprint density at radius 1 is 1.00 bits per heavy atom. The third-order valence-electron chi connectivity index (χ3n) is 5.98. The molecular weight excluding hydrogens is 290 g/mol. The molecule has 0 nitrogen and oxygen atoms in total. The molecule has 2 heteroatoms. The van der Waals surface area contributed by atoms with Crippen LogP contribution in [0.15, 0.2) is 24.3 Å². The summed E-state index contributed by atoms with van der Waals surface area (Å²) in [4.78, 5) is 0. The first-order valence-electron chi connectivity index (χ1n) is 9.31. The molecule has 1 aromatic rings. The van der Waals surface area contributed by atoms with E-state index in [1.54, 1.807) is 0 Å². The monoisotopic (exact) mass is 318 g/mol. The predicted molar refractivity (Wildman–Crippen MR) is 92.0 cm³/mol. The molecule has 0 N–H and O–H groups in total. The van der Waals surface area contributed by atoms with Gasteiger partial charge >= 0.3 is 0 Å². The van der Waals surface area contributed by atoms with Gasteiger partial charge in [-0.3, -0.25) is 0 Å². The first kappa shape index (κ1) is 16.7. The molecule has 1 unspecified atom stereocenters. The van der Waals surface area contributed by atoms with Gasteiger partial charge in [0, 0.05) is 5.56 Å². The SMILES string of the molecule is CCC[C@H]1CC[C@H](C2CC=C(c3cc(F)ccc3F)CC2)CC1. The first-order chi connectivity index (χ1) is 11.2. The molecule has 23 heavy (non-hydrogen) atoms. The number of allylic oxidation sites excluding steroid dienone is 2. The Morgan fingerprint density at radius 2 is 1.78 bits per heavy atom. The predicted octanol–water partition coefficient (Wildman–Crippen LogP) is 6.75. The number of hydrogen-bond donors (Lipinski definition) is 0. The van der Waals surface area contributed by atoms with E-state index in [4.69, 9.17) is 0 Å². The molecule has 2 aliphatic carbocycles. The Kier molecular flexibility index (Phi) is 5.50. The lowest BCUT2D eigenvalue weighted by atomic mass is 9.70. The largest absolute Gasteiger partial charge is 0.207 e. The van der Waals surface area contributed by atoms with Crippen molar-refractivity contribution in [3.05, 3.63) is 41.5 Å². The van der Waals surface area contributed by atoms with Crippen LogP contribution in [-0.4, -0.2) is 0 Å². The lowest BCUT2D eigenvalue weighted by molar-refractivity contribution is 0.189. The second-order valence-electron chi connectivity index (χ2n) is 7.46. The second kappa shape index (κ2) is 7.59. The number of benzene rings is 1. The van der Waals surface area contributed by atoms with Gasteiger partial charge in [-0.25, -0.2) is 8.78 Å². The number of rotatable bonds is 4. The summed E-state index contributed by atoms with van der Waals surface area (Å²) in [5.74, 6) is 1.90. The molecule has 0 aromatic heterocycles. The second-order valence-corrected chi connectivity index (χ2v) is 7.46. The maximum absolute atomic E-state index is 13.9. The van der Waals surface area contributed by atoms with Crippen LogP contribution >= 0.6 is 0 Å². The Labute approximate surface area is 139 Å². The maximum Gasteiger partial charge on any atom is 0.130 e. The van der Waals surface area contributed by atoms with Crippen LogP contribution in [0.4, 0.5) is 8.78 Å². The van der Waals surface area contributed by atoms with Crippen molar-refractivity contribution in [3.8, 4) is 0 Å². The van der Waals surface area contributed by atoms with Gasteiger partial charge in [0.05, 0.1) is 0 Å². The van der Waals surface area contributed by atoms with E-state index in [-0.39, 0.29) is 11.6 Å². The van der Waals surface area contributed by atoms with E-state index in [2.05, 4.69) is 13.0 Å². The summed E-state index contributed by atoms with van der Waals surface area (Å²) in [5, 5.41) is 0. The first-order valence-corrected chi connectivity index (χ1v) is 9.31. The molecule has 0 spiro atoms. The van der Waals surface area contributed by atoms with E-state index in [0.717, 1.165) is 42.6 Å². The summed E-state index contributed by atoms with van der Waals surface area (Å²) < 4.78 is 27.3. The lowest BCUT2D eigenvalue weighted by Gasteiger charge is -2.35. The zero-order chi connectivity index (χ0) is 16.2. The summed E-state index contributed by atoms with van der Waals surface area (Å²) in [7, 11) is 0. The van der Waals surface area contributed by atoms with E-state index in [1.165, 1.54) is 56.7 Å². The van der Waals surface area contributed by atoms with Crippen molar-refractivity contribution in [2.24, 2.45) is 17.8 Å². The van der Waals surface area contributed by atoms with E-state index >= 15 is 0 Å². The molecule has 0 heterocycles. The van der Waals surface area contributed by atoms with Gasteiger partial charge in [-0.15, -0.1) is 0 Å². The highest BCUT2D eigenvalue weighted by Crippen LogP contribution is 2.42. The van der Waals surface area contributed by atoms with Crippen molar-refractivity contribution >= 4 is 5.57 Å². The van der Waals surface area contributed by atoms with Crippen LogP contribution in [0, 0.1) is 29.4 Å². The highest BCUT2D eigenvalue weighted by atomic mass is 19.1. The Hall–Kier alpha value is -1.18. The number of halogens is 2. The Bertz CT molecular complexity index is 553. The zero-order valence-corrected chi connectivity index (χ0v) is 14.2. The van der Waals surface area contributed by atoms with Crippen molar-refractivity contribution in [1.82, 2.24) is 0 Å². The summed E-state index contributed by atoms with van der Waals surface area (Å²) in [6.07, 6.45) is 13.4. The molecule has 0 bridgehead atoms. The van der Waals surface area contributed by atoms with E-state index in [0.29, 0.717) is 5.56 Å². The molecule has 3 rings (SSSR count). The molecule has 1 fully saturated rings. The molecular formula is C21H28F2. The van der Waals surface area contributed by atoms with Gasteiger partial charge in [-0.1, -0.05) is 38.7 Å². The summed E-state index contributed by atoms with van der Waals surface area (Å²) >= 11 is 0. The molecule has 1 atom stereocenters. The van der Waals surface area contributed by atoms with Gasteiger partial charge < -0.3 is 0 Å². The van der Waals surface area contributed by atoms with E-state index in [9.17, 15) is 8.78 Å². The average molecular weight is 318 g/mol. The highest BCUT2D eigenvalue weighted by molar-refractivity contribution is 5.66. The van der Waals surface area contributed by atoms with Gasteiger partial charge in [0.25, 0.3) is 0 Å². The van der Waals surface area contributed by atoms with Crippen LogP contribution in [0.25, 0.3) is 5.57 Å². The van der Waals surface area contributed by atoms with Crippen molar-refractivity contribution in [1.29, 1.82) is 0 Å². The van der Waals surface area contributed by atoms with Crippen LogP contribution in [0.5, 0.6) is 0 Å². The third kappa shape index (κ3) is 4.02. The third-order valence-corrected chi connectivity index (χ3v) is 5.98. The summed E-state index contributed by atoms with van der Waals surface area (Å²) in [6, 6.07) is 3.78. The Morgan fingerprint density at radius 3 is 2.43 bits per heavy atom. The van der Waals surface area contributed by atoms with Crippen LogP contribution < -0.4 is 0 Å². The average Bonchev–Trinajstić information content (AvgIpc) is 2.58. The van der Waals surface area contributed by atoms with Gasteiger partial charge in [-0.2, -0.15) is 0 Å². The summed E-state index contributed by atoms with van der Waals surface area (Å²) in [6.45, 7) is 2.28. The van der Waals surface area contributed by atoms with Crippen LogP contribution in [0.2, 0.25) is 0 Å². The highest BCUT2D eigenvalue weighted by Gasteiger charge is 2.28. The van der Waals surface area contributed by atoms with E-state index < -0.39 is 0 Å². The standard InChI is InChI=1S/C21H28F2/c1-2-3-15-4-6-16(7-5-15)17-8-10-18(11-9-17)20-14-19(22)12-13-21(20)23/h10,12-17H,2-9,11H2,1H3/t15-,16-,17?. The van der Waals surface area contributed by atoms with Gasteiger partial charge in [0.1, 0.15) is 11.6 Å². The minimum absolute atomic E-state index is 0.295. The van der Waals surface area contributed by atoms with Crippen molar-refractivity contribution in [2.75, 3.05) is 0 Å². The maximum atomic E-state index is 13.9. The van der Waals surface area contributed by atoms with E-state index in [1.807, 2.05) is 0 Å². The number of hydrogen-bond acceptors (Lipinski definition) is 0. The van der Waals surface area contributed by atoms with Crippen molar-refractivity contribution in [2.45, 2.75) is 64.7 Å². The topological polar surface area (TPSA) is 0 Å². The molecule has 0 radical (unpaired) electrons. The summed E-state index contributed by atoms with van der Waals surface area (Å²) in [5.41, 5.74) is 1.47. The van der Waals surface area contributed by atoms with Gasteiger partial charge in [0.2, 0.25) is 0 Å². The van der Waals surface area contributed by atoms with Gasteiger partial charge in [-0.05, 0) is 73.6 Å². The normalized spacial score (nSPS) is 28.5. The van der Waals surface area contributed by atoms with Crippen LogP contribution in [-0.2, 0) is 0 Å². The molecule has 2 aliphatic rings. The Balaban J connectivity index is 1.59. The minimum Gasteiger partial charge on any atom is -0.207 e. The molecule has 0 amide bonds. The van der Waals surface area contributed by atoms with Crippen LogP contribution in [0.1, 0.15) is 70.3 Å². The fourth-order valence-corrected chi connectivity index (χ4v) is 4.63. The molecule has 0 saturated heterocycles. The molecule has 1 aromatic carbocycles. The smallest absolute Gasteiger partial charge is 0.130 e. The molecule has 126 valence electrons. The minimum atomic E-state index is -0.348. The lowest BCUT2D eigenvalue weighted by Crippen LogP contribution is -2.23. The van der Waals surface area contributed by atoms with Gasteiger partial charge in [0.15, 0.2) is 0 Å². The van der Waals surface area contributed by atoms with Crippen molar-refractivity contribution < 1.29 is 8.78 Å². The molecule has 1 saturated carbocycles. The zero-order valence-electron chi connectivity index (χ0n) is 14.2. The molecule has 0 aliphatic heterocycles.